The van der Waals surface area contributed by atoms with Crippen molar-refractivity contribution < 1.29 is 19.5 Å². The standard InChI is InChI=1S/C14H11ClN2O4S/c1-7(18)16-13-10(14(20)21)6-11(22-13)12(19)17-9-4-2-3-8(15)5-9/h2-6H,1H3,(H,16,18)(H,17,19)(H,20,21). The number of nitrogens with one attached hydrogen (secondary N) is 2. The monoisotopic (exact) mass is 338 g/mol. The quantitative estimate of drug-likeness (QED) is 0.797. The topological polar surface area (TPSA) is 95.5 Å². The SMILES string of the molecule is CC(=O)Nc1sc(C(=O)Nc2cccc(Cl)c2)cc1C(=O)O. The molecule has 0 bridgehead atoms. The van der Waals surface area contributed by atoms with Gasteiger partial charge < -0.3 is 15.7 Å². The summed E-state index contributed by atoms with van der Waals surface area (Å²) >= 11 is 6.72. The van der Waals surface area contributed by atoms with Gasteiger partial charge in [0.1, 0.15) is 5.00 Å². The minimum Gasteiger partial charge on any atom is -0.478 e. The van der Waals surface area contributed by atoms with Crippen LogP contribution in [0.25, 0.3) is 0 Å². The highest BCUT2D eigenvalue weighted by Crippen LogP contribution is 2.29. The lowest BCUT2D eigenvalue weighted by Crippen LogP contribution is -2.10. The van der Waals surface area contributed by atoms with Crippen LogP contribution in [0.5, 0.6) is 0 Å². The first kappa shape index (κ1) is 16.0. The van der Waals surface area contributed by atoms with E-state index in [9.17, 15) is 14.4 Å². The second-order valence-electron chi connectivity index (χ2n) is 4.30. The number of anilines is 2. The first-order valence-electron chi connectivity index (χ1n) is 6.08. The molecule has 114 valence electrons. The Labute approximate surface area is 134 Å². The molecule has 22 heavy (non-hydrogen) atoms. The summed E-state index contributed by atoms with van der Waals surface area (Å²) in [5.41, 5.74) is 0.361. The van der Waals surface area contributed by atoms with Gasteiger partial charge >= 0.3 is 5.97 Å². The van der Waals surface area contributed by atoms with Gasteiger partial charge in [0.15, 0.2) is 0 Å². The molecule has 0 atom stereocenters. The number of halogens is 1. The van der Waals surface area contributed by atoms with Crippen LogP contribution < -0.4 is 10.6 Å². The zero-order valence-electron chi connectivity index (χ0n) is 11.3. The number of carbonyl (C=O) groups is 3. The first-order valence-corrected chi connectivity index (χ1v) is 7.28. The highest BCUT2D eigenvalue weighted by atomic mass is 35.5. The van der Waals surface area contributed by atoms with Crippen molar-refractivity contribution in [3.05, 3.63) is 45.8 Å². The van der Waals surface area contributed by atoms with Gasteiger partial charge in [-0.3, -0.25) is 9.59 Å². The number of benzene rings is 1. The van der Waals surface area contributed by atoms with Gasteiger partial charge in [-0.05, 0) is 24.3 Å². The third-order valence-corrected chi connectivity index (χ3v) is 3.84. The lowest BCUT2D eigenvalue weighted by atomic mass is 10.2. The van der Waals surface area contributed by atoms with Gasteiger partial charge in [-0.1, -0.05) is 17.7 Å². The van der Waals surface area contributed by atoms with Crippen molar-refractivity contribution in [3.63, 3.8) is 0 Å². The molecule has 2 rings (SSSR count). The molecule has 2 aromatic rings. The van der Waals surface area contributed by atoms with Gasteiger partial charge in [-0.25, -0.2) is 4.79 Å². The number of carboxylic acids is 1. The predicted molar refractivity (Wildman–Crippen MR) is 85.0 cm³/mol. The van der Waals surface area contributed by atoms with Crippen LogP contribution in [0, 0.1) is 0 Å². The minimum atomic E-state index is -1.22. The zero-order chi connectivity index (χ0) is 16.3. The van der Waals surface area contributed by atoms with Crippen LogP contribution in [0.2, 0.25) is 5.02 Å². The Morgan fingerprint density at radius 3 is 2.50 bits per heavy atom. The van der Waals surface area contributed by atoms with E-state index in [4.69, 9.17) is 16.7 Å². The van der Waals surface area contributed by atoms with Crippen molar-refractivity contribution in [2.24, 2.45) is 0 Å². The molecule has 1 aromatic carbocycles. The molecule has 3 N–H and O–H groups in total. The number of rotatable bonds is 4. The summed E-state index contributed by atoms with van der Waals surface area (Å²) in [4.78, 5) is 34.5. The summed E-state index contributed by atoms with van der Waals surface area (Å²) in [5.74, 6) is -2.11. The highest BCUT2D eigenvalue weighted by molar-refractivity contribution is 7.18. The Morgan fingerprint density at radius 2 is 1.91 bits per heavy atom. The fourth-order valence-electron chi connectivity index (χ4n) is 1.67. The van der Waals surface area contributed by atoms with Gasteiger partial charge in [0.2, 0.25) is 5.91 Å². The molecule has 6 nitrogen and oxygen atoms in total. The fourth-order valence-corrected chi connectivity index (χ4v) is 2.86. The van der Waals surface area contributed by atoms with Crippen LogP contribution in [0.4, 0.5) is 10.7 Å². The summed E-state index contributed by atoms with van der Waals surface area (Å²) < 4.78 is 0. The maximum atomic E-state index is 12.1. The lowest BCUT2D eigenvalue weighted by molar-refractivity contribution is -0.114. The summed E-state index contributed by atoms with van der Waals surface area (Å²) in [5, 5.41) is 14.7. The van der Waals surface area contributed by atoms with Crippen molar-refractivity contribution in [1.82, 2.24) is 0 Å². The summed E-state index contributed by atoms with van der Waals surface area (Å²) in [6, 6.07) is 7.79. The maximum Gasteiger partial charge on any atom is 0.338 e. The van der Waals surface area contributed by atoms with Crippen molar-refractivity contribution in [1.29, 1.82) is 0 Å². The summed E-state index contributed by atoms with van der Waals surface area (Å²) in [6.45, 7) is 1.26. The molecular weight excluding hydrogens is 328 g/mol. The predicted octanol–water partition coefficient (Wildman–Crippen LogP) is 3.31. The number of hydrogen-bond acceptors (Lipinski definition) is 4. The molecule has 0 fully saturated rings. The molecule has 0 saturated carbocycles. The van der Waals surface area contributed by atoms with Gasteiger partial charge in [0.25, 0.3) is 5.91 Å². The third kappa shape index (κ3) is 3.84. The summed E-state index contributed by atoms with van der Waals surface area (Å²) in [6.07, 6.45) is 0. The number of carbonyl (C=O) groups excluding carboxylic acids is 2. The molecule has 8 heteroatoms. The zero-order valence-corrected chi connectivity index (χ0v) is 12.9. The van der Waals surface area contributed by atoms with E-state index in [1.165, 1.54) is 13.0 Å². The van der Waals surface area contributed by atoms with Gasteiger partial charge in [-0.2, -0.15) is 0 Å². The Hall–Kier alpha value is -2.38. The van der Waals surface area contributed by atoms with Crippen LogP contribution in [-0.4, -0.2) is 22.9 Å². The minimum absolute atomic E-state index is 0.122. The van der Waals surface area contributed by atoms with E-state index in [0.717, 1.165) is 11.3 Å². The van der Waals surface area contributed by atoms with Crippen LogP contribution in [0.1, 0.15) is 27.0 Å². The number of amides is 2. The molecule has 0 aliphatic rings. The van der Waals surface area contributed by atoms with E-state index in [-0.39, 0.29) is 15.4 Å². The van der Waals surface area contributed by atoms with Crippen LogP contribution >= 0.6 is 22.9 Å². The van der Waals surface area contributed by atoms with Crippen LogP contribution in [0.3, 0.4) is 0 Å². The average molecular weight is 339 g/mol. The fraction of sp³-hybridized carbons (Fsp3) is 0.0714. The highest BCUT2D eigenvalue weighted by Gasteiger charge is 2.20. The van der Waals surface area contributed by atoms with Crippen LogP contribution in [-0.2, 0) is 4.79 Å². The van der Waals surface area contributed by atoms with Crippen molar-refractivity contribution in [2.45, 2.75) is 6.92 Å². The second-order valence-corrected chi connectivity index (χ2v) is 5.79. The Morgan fingerprint density at radius 1 is 1.18 bits per heavy atom. The van der Waals surface area contributed by atoms with E-state index < -0.39 is 17.8 Å². The van der Waals surface area contributed by atoms with Crippen molar-refractivity contribution in [2.75, 3.05) is 10.6 Å². The first-order chi connectivity index (χ1) is 10.4. The molecule has 1 aromatic heterocycles. The summed E-state index contributed by atoms with van der Waals surface area (Å²) in [7, 11) is 0. The largest absolute Gasteiger partial charge is 0.478 e. The second kappa shape index (κ2) is 6.59. The van der Waals surface area contributed by atoms with E-state index in [0.29, 0.717) is 10.7 Å². The average Bonchev–Trinajstić information content (AvgIpc) is 2.82. The van der Waals surface area contributed by atoms with Gasteiger partial charge in [0.05, 0.1) is 10.4 Å². The number of hydrogen-bond donors (Lipinski definition) is 3. The smallest absolute Gasteiger partial charge is 0.338 e. The number of carboxylic acid groups (broad SMARTS) is 1. The molecule has 0 saturated heterocycles. The van der Waals surface area contributed by atoms with E-state index in [1.807, 2.05) is 0 Å². The van der Waals surface area contributed by atoms with Crippen LogP contribution in [0.15, 0.2) is 30.3 Å². The van der Waals surface area contributed by atoms with Gasteiger partial charge in [-0.15, -0.1) is 11.3 Å². The molecule has 0 radical (unpaired) electrons. The Bertz CT molecular complexity index is 757. The molecular formula is C14H11ClN2O4S. The van der Waals surface area contributed by atoms with Crippen molar-refractivity contribution >= 4 is 51.4 Å². The normalized spacial score (nSPS) is 10.1. The molecule has 1 heterocycles. The third-order valence-electron chi connectivity index (χ3n) is 2.56. The van der Waals surface area contributed by atoms with E-state index >= 15 is 0 Å². The molecule has 0 aliphatic carbocycles. The molecule has 0 spiro atoms. The Kier molecular flexibility index (Phi) is 4.79. The lowest BCUT2D eigenvalue weighted by Gasteiger charge is -2.03. The van der Waals surface area contributed by atoms with Gasteiger partial charge in [0, 0.05) is 17.6 Å². The molecule has 0 aliphatic heterocycles. The Balaban J connectivity index is 2.26. The van der Waals surface area contributed by atoms with Crippen molar-refractivity contribution in [3.8, 4) is 0 Å². The van der Waals surface area contributed by atoms with E-state index in [1.54, 1.807) is 24.3 Å². The number of aromatic carboxylic acids is 1. The van der Waals surface area contributed by atoms with E-state index in [2.05, 4.69) is 10.6 Å². The number of thiophene rings is 1. The molecule has 0 unspecified atom stereocenters. The molecule has 2 amide bonds. The maximum absolute atomic E-state index is 12.1.